The summed E-state index contributed by atoms with van der Waals surface area (Å²) in [5, 5.41) is 8.52. The maximum Gasteiger partial charge on any atom is 0.256 e. The number of rotatable bonds is 4. The molecule has 0 aliphatic carbocycles. The molecule has 60 valence electrons. The smallest absolute Gasteiger partial charge is 0.256 e. The first kappa shape index (κ1) is 9.91. The molecule has 0 aliphatic rings. The third-order valence-corrected chi connectivity index (χ3v) is 1.60. The molecule has 0 rings (SSSR count). The first-order chi connectivity index (χ1) is 4.68. The lowest BCUT2D eigenvalue weighted by atomic mass is 10.2. The van der Waals surface area contributed by atoms with Crippen LogP contribution in [0.5, 0.6) is 0 Å². The van der Waals surface area contributed by atoms with E-state index >= 15 is 0 Å². The number of carbonyl (C=O) groups excluding carboxylic acids is 1. The summed E-state index contributed by atoms with van der Waals surface area (Å²) in [6, 6.07) is 0. The molecule has 0 bridgehead atoms. The molecule has 1 N–H and O–H groups in total. The molecule has 0 aromatic heterocycles. The van der Waals surface area contributed by atoms with Crippen LogP contribution in [0.4, 0.5) is 0 Å². The fraction of sp³-hybridized carbons (Fsp3) is 0.833. The molecule has 0 saturated carbocycles. The van der Waals surface area contributed by atoms with Crippen LogP contribution in [-0.2, 0) is 4.79 Å². The fourth-order valence-corrected chi connectivity index (χ4v) is 0.796. The van der Waals surface area contributed by atoms with Crippen LogP contribution in [0.25, 0.3) is 0 Å². The Labute approximate surface area is 69.3 Å². The Morgan fingerprint density at radius 1 is 1.60 bits per heavy atom. The van der Waals surface area contributed by atoms with Gasteiger partial charge in [0.05, 0.1) is 16.1 Å². The number of carbonyl (C=O) groups is 1. The first-order valence-electron chi connectivity index (χ1n) is 3.36. The molecular formula is C6H12BrNO2. The van der Waals surface area contributed by atoms with Crippen molar-refractivity contribution in [3.8, 4) is 0 Å². The largest absolute Gasteiger partial charge is 0.275 e. The summed E-state index contributed by atoms with van der Waals surface area (Å²) in [6.45, 7) is 2.06. The normalized spacial score (nSPS) is 9.50. The van der Waals surface area contributed by atoms with Gasteiger partial charge in [-0.2, -0.15) is 4.09 Å². The molecule has 0 aliphatic heterocycles. The Bertz CT molecular complexity index is 106. The number of nitrogens with zero attached hydrogens (tertiary/aromatic N) is 1. The van der Waals surface area contributed by atoms with Crippen LogP contribution in [0.3, 0.4) is 0 Å². The lowest BCUT2D eigenvalue weighted by Gasteiger charge is -2.03. The van der Waals surface area contributed by atoms with Crippen LogP contribution in [0.2, 0.25) is 0 Å². The van der Waals surface area contributed by atoms with Gasteiger partial charge in [0.2, 0.25) is 0 Å². The van der Waals surface area contributed by atoms with Gasteiger partial charge < -0.3 is 0 Å². The van der Waals surface area contributed by atoms with Crippen LogP contribution < -0.4 is 0 Å². The molecule has 0 radical (unpaired) electrons. The second-order valence-electron chi connectivity index (χ2n) is 2.11. The van der Waals surface area contributed by atoms with Gasteiger partial charge in [-0.05, 0) is 6.42 Å². The van der Waals surface area contributed by atoms with Crippen molar-refractivity contribution in [1.29, 1.82) is 0 Å². The Hall–Kier alpha value is -0.0900. The van der Waals surface area contributed by atoms with Gasteiger partial charge in [0.15, 0.2) is 0 Å². The molecule has 0 unspecified atom stereocenters. The van der Waals surface area contributed by atoms with Crippen molar-refractivity contribution < 1.29 is 10.0 Å². The van der Waals surface area contributed by atoms with Crippen molar-refractivity contribution in [3.05, 3.63) is 0 Å². The van der Waals surface area contributed by atoms with Crippen molar-refractivity contribution >= 4 is 22.1 Å². The highest BCUT2D eigenvalue weighted by atomic mass is 79.9. The summed E-state index contributed by atoms with van der Waals surface area (Å²) in [5.41, 5.74) is 0. The van der Waals surface area contributed by atoms with Crippen molar-refractivity contribution in [3.63, 3.8) is 0 Å². The van der Waals surface area contributed by atoms with Crippen LogP contribution in [-0.4, -0.2) is 15.2 Å². The summed E-state index contributed by atoms with van der Waals surface area (Å²) < 4.78 is 0.461. The highest BCUT2D eigenvalue weighted by Crippen LogP contribution is 2.03. The Morgan fingerprint density at radius 3 is 2.60 bits per heavy atom. The molecule has 10 heavy (non-hydrogen) atoms. The minimum atomic E-state index is -0.284. The van der Waals surface area contributed by atoms with Gasteiger partial charge in [0, 0.05) is 6.42 Å². The maximum absolute atomic E-state index is 10.6. The summed E-state index contributed by atoms with van der Waals surface area (Å²) in [4.78, 5) is 10.6. The van der Waals surface area contributed by atoms with Gasteiger partial charge in [0.1, 0.15) is 0 Å². The Kier molecular flexibility index (Phi) is 5.63. The van der Waals surface area contributed by atoms with E-state index in [0.29, 0.717) is 10.5 Å². The third-order valence-electron chi connectivity index (χ3n) is 1.20. The standard InChI is InChI=1S/C6H12BrNO2/c1-2-3-4-5-6(9)8(7)10/h10H,2-5H2,1H3. The summed E-state index contributed by atoms with van der Waals surface area (Å²) >= 11 is 2.63. The van der Waals surface area contributed by atoms with Crippen molar-refractivity contribution in [2.45, 2.75) is 32.6 Å². The average molecular weight is 210 g/mol. The van der Waals surface area contributed by atoms with Gasteiger partial charge in [-0.25, -0.2) is 0 Å². The Morgan fingerprint density at radius 2 is 2.20 bits per heavy atom. The van der Waals surface area contributed by atoms with Crippen LogP contribution in [0.1, 0.15) is 32.6 Å². The molecule has 0 saturated heterocycles. The molecule has 0 aromatic carbocycles. The zero-order chi connectivity index (χ0) is 7.98. The Balaban J connectivity index is 3.22. The quantitative estimate of drug-likeness (QED) is 0.334. The van der Waals surface area contributed by atoms with E-state index < -0.39 is 0 Å². The van der Waals surface area contributed by atoms with E-state index in [2.05, 4.69) is 23.1 Å². The van der Waals surface area contributed by atoms with Gasteiger partial charge in [0.25, 0.3) is 5.91 Å². The molecule has 0 heterocycles. The SMILES string of the molecule is CCCCCC(=O)N(O)Br. The molecule has 4 heteroatoms. The highest BCUT2D eigenvalue weighted by Gasteiger charge is 2.05. The molecule has 3 nitrogen and oxygen atoms in total. The van der Waals surface area contributed by atoms with Gasteiger partial charge in [-0.15, -0.1) is 0 Å². The summed E-state index contributed by atoms with van der Waals surface area (Å²) in [7, 11) is 0. The van der Waals surface area contributed by atoms with Crippen molar-refractivity contribution in [2.75, 3.05) is 0 Å². The van der Waals surface area contributed by atoms with E-state index in [1.54, 1.807) is 0 Å². The fourth-order valence-electron chi connectivity index (χ4n) is 0.618. The summed E-state index contributed by atoms with van der Waals surface area (Å²) in [6.07, 6.45) is 3.38. The molecular weight excluding hydrogens is 198 g/mol. The summed E-state index contributed by atoms with van der Waals surface area (Å²) in [5.74, 6) is -0.284. The van der Waals surface area contributed by atoms with Crippen LogP contribution in [0, 0.1) is 0 Å². The predicted molar refractivity (Wildman–Crippen MR) is 41.7 cm³/mol. The van der Waals surface area contributed by atoms with Crippen LogP contribution >= 0.6 is 16.1 Å². The second kappa shape index (κ2) is 5.68. The molecule has 1 amide bonds. The number of hydrogen-bond donors (Lipinski definition) is 1. The zero-order valence-electron chi connectivity index (χ0n) is 6.01. The topological polar surface area (TPSA) is 40.5 Å². The minimum Gasteiger partial charge on any atom is -0.275 e. The highest BCUT2D eigenvalue weighted by molar-refractivity contribution is 9.07. The third kappa shape index (κ3) is 4.76. The predicted octanol–water partition coefficient (Wildman–Crippen LogP) is 2.09. The number of amides is 1. The first-order valence-corrected chi connectivity index (χ1v) is 4.07. The van der Waals surface area contributed by atoms with E-state index in [-0.39, 0.29) is 5.91 Å². The van der Waals surface area contributed by atoms with Crippen molar-refractivity contribution in [1.82, 2.24) is 4.09 Å². The van der Waals surface area contributed by atoms with E-state index in [1.165, 1.54) is 0 Å². The van der Waals surface area contributed by atoms with E-state index in [9.17, 15) is 4.79 Å². The second-order valence-corrected chi connectivity index (χ2v) is 2.78. The number of unbranched alkanes of at least 4 members (excludes halogenated alkanes) is 2. The van der Waals surface area contributed by atoms with E-state index in [1.807, 2.05) is 0 Å². The van der Waals surface area contributed by atoms with Crippen LogP contribution in [0.15, 0.2) is 0 Å². The monoisotopic (exact) mass is 209 g/mol. The lowest BCUT2D eigenvalue weighted by Crippen LogP contribution is -2.15. The molecule has 0 fully saturated rings. The van der Waals surface area contributed by atoms with E-state index in [0.717, 1.165) is 19.3 Å². The maximum atomic E-state index is 10.6. The van der Waals surface area contributed by atoms with Gasteiger partial charge >= 0.3 is 0 Å². The number of hydroxylamine groups is 1. The van der Waals surface area contributed by atoms with Gasteiger partial charge in [-0.3, -0.25) is 10.0 Å². The lowest BCUT2D eigenvalue weighted by molar-refractivity contribution is -0.143. The van der Waals surface area contributed by atoms with E-state index in [4.69, 9.17) is 5.21 Å². The molecule has 0 spiro atoms. The minimum absolute atomic E-state index is 0.284. The molecule has 0 atom stereocenters. The number of halogens is 1. The number of hydrogen-bond acceptors (Lipinski definition) is 2. The van der Waals surface area contributed by atoms with Gasteiger partial charge in [-0.1, -0.05) is 19.8 Å². The molecule has 0 aromatic rings. The van der Waals surface area contributed by atoms with Crippen molar-refractivity contribution in [2.24, 2.45) is 0 Å². The average Bonchev–Trinajstić information content (AvgIpc) is 1.88. The zero-order valence-corrected chi connectivity index (χ0v) is 7.60.